The molecule has 1 aromatic heterocycles. The van der Waals surface area contributed by atoms with Gasteiger partial charge in [-0.2, -0.15) is 0 Å². The van der Waals surface area contributed by atoms with Crippen LogP contribution in [0, 0.1) is 10.1 Å². The molecular weight excluding hydrogens is 316 g/mol. The van der Waals surface area contributed by atoms with E-state index in [0.29, 0.717) is 16.3 Å². The maximum Gasteiger partial charge on any atom is 0.286 e. The quantitative estimate of drug-likeness (QED) is 0.585. The number of anilines is 1. The first kappa shape index (κ1) is 14.8. The van der Waals surface area contributed by atoms with E-state index in [-0.39, 0.29) is 16.6 Å². The molecule has 0 unspecified atom stereocenters. The predicted octanol–water partition coefficient (Wildman–Crippen LogP) is 3.37. The molecule has 0 spiro atoms. The first-order valence-electron chi connectivity index (χ1n) is 6.58. The zero-order valence-electron chi connectivity index (χ0n) is 11.7. The predicted molar refractivity (Wildman–Crippen MR) is 86.4 cm³/mol. The summed E-state index contributed by atoms with van der Waals surface area (Å²) in [5.41, 5.74) is 1.34. The number of aromatic nitrogens is 2. The van der Waals surface area contributed by atoms with Gasteiger partial charge in [0, 0.05) is 23.4 Å². The van der Waals surface area contributed by atoms with Crippen LogP contribution in [0.4, 0.5) is 11.4 Å². The van der Waals surface area contributed by atoms with Crippen molar-refractivity contribution in [1.29, 1.82) is 0 Å². The Morgan fingerprint density at radius 3 is 2.39 bits per heavy atom. The molecule has 8 heteroatoms. The number of nitrogens with one attached hydrogen (secondary N) is 1. The van der Waals surface area contributed by atoms with Crippen molar-refractivity contribution in [3.05, 3.63) is 69.7 Å². The van der Waals surface area contributed by atoms with E-state index in [1.54, 1.807) is 24.3 Å². The minimum absolute atomic E-state index is 0.000287. The summed E-state index contributed by atoms with van der Waals surface area (Å²) in [5, 5.41) is 22.0. The minimum atomic E-state index is -0.470. The van der Waals surface area contributed by atoms with Gasteiger partial charge >= 0.3 is 0 Å². The molecule has 7 nitrogen and oxygen atoms in total. The zero-order valence-corrected chi connectivity index (χ0v) is 12.5. The lowest BCUT2D eigenvalue weighted by Gasteiger charge is -2.00. The van der Waals surface area contributed by atoms with Crippen LogP contribution in [0.3, 0.4) is 0 Å². The van der Waals surface area contributed by atoms with Crippen LogP contribution in [-0.2, 0) is 0 Å². The lowest BCUT2D eigenvalue weighted by atomic mass is 10.2. The SMILES string of the molecule is O=C(Nc1ccccc1)c1nnc(-c2ccc([N+](=O)[O-])cc2)s1. The number of non-ortho nitro benzene ring substituents is 1. The van der Waals surface area contributed by atoms with Crippen LogP contribution in [0.2, 0.25) is 0 Å². The van der Waals surface area contributed by atoms with Crippen molar-refractivity contribution in [3.8, 4) is 10.6 Å². The molecular formula is C15H10N4O3S. The number of para-hydroxylation sites is 1. The fourth-order valence-corrected chi connectivity index (χ4v) is 2.61. The molecule has 0 aliphatic rings. The molecule has 0 saturated carbocycles. The van der Waals surface area contributed by atoms with Crippen LogP contribution >= 0.6 is 11.3 Å². The Morgan fingerprint density at radius 1 is 1.04 bits per heavy atom. The van der Waals surface area contributed by atoms with E-state index in [1.807, 2.05) is 18.2 Å². The van der Waals surface area contributed by atoms with Crippen molar-refractivity contribution in [1.82, 2.24) is 10.2 Å². The van der Waals surface area contributed by atoms with E-state index in [4.69, 9.17) is 0 Å². The molecule has 2 aromatic carbocycles. The molecule has 0 fully saturated rings. The van der Waals surface area contributed by atoms with Crippen LogP contribution in [0.15, 0.2) is 54.6 Å². The molecule has 0 radical (unpaired) electrons. The number of benzene rings is 2. The molecule has 0 aliphatic carbocycles. The summed E-state index contributed by atoms with van der Waals surface area (Å²) in [6, 6.07) is 15.0. The highest BCUT2D eigenvalue weighted by Gasteiger charge is 2.15. The van der Waals surface area contributed by atoms with E-state index in [1.165, 1.54) is 12.1 Å². The van der Waals surface area contributed by atoms with Crippen LogP contribution in [0.1, 0.15) is 9.80 Å². The fourth-order valence-electron chi connectivity index (χ4n) is 1.86. The van der Waals surface area contributed by atoms with Crippen molar-refractivity contribution >= 4 is 28.6 Å². The van der Waals surface area contributed by atoms with Crippen LogP contribution < -0.4 is 5.32 Å². The number of amides is 1. The monoisotopic (exact) mass is 326 g/mol. The van der Waals surface area contributed by atoms with Gasteiger partial charge < -0.3 is 5.32 Å². The number of nitro groups is 1. The number of rotatable bonds is 4. The first-order valence-corrected chi connectivity index (χ1v) is 7.40. The number of hydrogen-bond acceptors (Lipinski definition) is 6. The van der Waals surface area contributed by atoms with Gasteiger partial charge in [0.05, 0.1) is 4.92 Å². The van der Waals surface area contributed by atoms with Crippen molar-refractivity contribution in [2.45, 2.75) is 0 Å². The minimum Gasteiger partial charge on any atom is -0.320 e. The van der Waals surface area contributed by atoms with Crippen LogP contribution in [0.25, 0.3) is 10.6 Å². The lowest BCUT2D eigenvalue weighted by Crippen LogP contribution is -2.11. The Bertz CT molecular complexity index is 847. The molecule has 1 heterocycles. The number of carbonyl (C=O) groups is 1. The third-order valence-electron chi connectivity index (χ3n) is 2.98. The summed E-state index contributed by atoms with van der Waals surface area (Å²) in [7, 11) is 0. The van der Waals surface area contributed by atoms with Gasteiger partial charge in [-0.1, -0.05) is 29.5 Å². The highest BCUT2D eigenvalue weighted by molar-refractivity contribution is 7.16. The molecule has 0 saturated heterocycles. The van der Waals surface area contributed by atoms with Crippen molar-refractivity contribution in [2.75, 3.05) is 5.32 Å². The maximum absolute atomic E-state index is 12.1. The number of hydrogen-bond donors (Lipinski definition) is 1. The zero-order chi connectivity index (χ0) is 16.2. The highest BCUT2D eigenvalue weighted by Crippen LogP contribution is 2.25. The molecule has 1 amide bonds. The van der Waals surface area contributed by atoms with Crippen LogP contribution in [-0.4, -0.2) is 21.0 Å². The average Bonchev–Trinajstić information content (AvgIpc) is 3.06. The second-order valence-electron chi connectivity index (χ2n) is 4.54. The number of nitro benzene ring substituents is 1. The van der Waals surface area contributed by atoms with Crippen molar-refractivity contribution < 1.29 is 9.72 Å². The fraction of sp³-hybridized carbons (Fsp3) is 0. The van der Waals surface area contributed by atoms with Gasteiger partial charge in [0.2, 0.25) is 5.01 Å². The van der Waals surface area contributed by atoms with E-state index in [2.05, 4.69) is 15.5 Å². The van der Waals surface area contributed by atoms with Gasteiger partial charge in [0.25, 0.3) is 11.6 Å². The summed E-state index contributed by atoms with van der Waals surface area (Å²) in [5.74, 6) is -0.345. The van der Waals surface area contributed by atoms with Crippen molar-refractivity contribution in [2.24, 2.45) is 0 Å². The molecule has 3 rings (SSSR count). The van der Waals surface area contributed by atoms with Crippen LogP contribution in [0.5, 0.6) is 0 Å². The summed E-state index contributed by atoms with van der Waals surface area (Å²) in [4.78, 5) is 22.3. The highest BCUT2D eigenvalue weighted by atomic mass is 32.1. The Morgan fingerprint density at radius 2 is 1.74 bits per heavy atom. The molecule has 0 aliphatic heterocycles. The Hall–Kier alpha value is -3.13. The van der Waals surface area contributed by atoms with Gasteiger partial charge in [-0.05, 0) is 24.3 Å². The number of nitrogens with zero attached hydrogens (tertiary/aromatic N) is 3. The normalized spacial score (nSPS) is 10.3. The molecule has 3 aromatic rings. The second-order valence-corrected chi connectivity index (χ2v) is 5.51. The van der Waals surface area contributed by atoms with E-state index >= 15 is 0 Å². The molecule has 114 valence electrons. The summed E-state index contributed by atoms with van der Waals surface area (Å²) < 4.78 is 0. The van der Waals surface area contributed by atoms with Gasteiger partial charge in [0.15, 0.2) is 0 Å². The van der Waals surface area contributed by atoms with E-state index in [9.17, 15) is 14.9 Å². The molecule has 0 atom stereocenters. The Kier molecular flexibility index (Phi) is 4.07. The molecule has 1 N–H and O–H groups in total. The second kappa shape index (κ2) is 6.32. The lowest BCUT2D eigenvalue weighted by molar-refractivity contribution is -0.384. The third kappa shape index (κ3) is 3.38. The van der Waals surface area contributed by atoms with E-state index < -0.39 is 4.92 Å². The van der Waals surface area contributed by atoms with E-state index in [0.717, 1.165) is 11.3 Å². The summed E-state index contributed by atoms with van der Waals surface area (Å²) in [6.45, 7) is 0. The summed E-state index contributed by atoms with van der Waals surface area (Å²) >= 11 is 1.12. The largest absolute Gasteiger partial charge is 0.320 e. The molecule has 0 bridgehead atoms. The van der Waals surface area contributed by atoms with Gasteiger partial charge in [-0.15, -0.1) is 10.2 Å². The van der Waals surface area contributed by atoms with Crippen molar-refractivity contribution in [3.63, 3.8) is 0 Å². The van der Waals surface area contributed by atoms with Gasteiger partial charge in [-0.25, -0.2) is 0 Å². The standard InChI is InChI=1S/C15H10N4O3S/c20-13(16-11-4-2-1-3-5-11)15-18-17-14(23-15)10-6-8-12(9-7-10)19(21)22/h1-9H,(H,16,20). The topological polar surface area (TPSA) is 98.0 Å². The molecule has 23 heavy (non-hydrogen) atoms. The smallest absolute Gasteiger partial charge is 0.286 e. The van der Waals surface area contributed by atoms with Gasteiger partial charge in [0.1, 0.15) is 5.01 Å². The third-order valence-corrected chi connectivity index (χ3v) is 3.95. The maximum atomic E-state index is 12.1. The Balaban J connectivity index is 1.77. The Labute approximate surface area is 134 Å². The van der Waals surface area contributed by atoms with Gasteiger partial charge in [-0.3, -0.25) is 14.9 Å². The average molecular weight is 326 g/mol. The first-order chi connectivity index (χ1) is 11.1. The summed E-state index contributed by atoms with van der Waals surface area (Å²) in [6.07, 6.45) is 0. The number of carbonyl (C=O) groups excluding carboxylic acids is 1.